The zero-order valence-electron chi connectivity index (χ0n) is 8.87. The van der Waals surface area contributed by atoms with E-state index in [2.05, 4.69) is 12.2 Å². The lowest BCUT2D eigenvalue weighted by Gasteiger charge is -2.46. The van der Waals surface area contributed by atoms with Crippen molar-refractivity contribution in [3.63, 3.8) is 0 Å². The van der Waals surface area contributed by atoms with E-state index in [9.17, 15) is 4.79 Å². The maximum absolute atomic E-state index is 11.8. The standard InChI is InChI=1S/C13H13NO2/c15-13-12(11-8-4-5-9-14(11)13)16-10-6-2-1-3-7-10/h1-4,6-8,11-12H,5,9H2/t11-,12+/m0/s1. The molecule has 0 spiro atoms. The third-order valence-corrected chi connectivity index (χ3v) is 3.07. The number of hydrogen-bond acceptors (Lipinski definition) is 2. The second-order valence-electron chi connectivity index (χ2n) is 4.09. The Morgan fingerprint density at radius 2 is 2.06 bits per heavy atom. The molecule has 82 valence electrons. The molecule has 3 nitrogen and oxygen atoms in total. The van der Waals surface area contributed by atoms with Crippen LogP contribution < -0.4 is 4.74 Å². The Morgan fingerprint density at radius 1 is 1.25 bits per heavy atom. The van der Waals surface area contributed by atoms with Crippen molar-refractivity contribution in [1.82, 2.24) is 4.90 Å². The Hall–Kier alpha value is -1.77. The first-order valence-electron chi connectivity index (χ1n) is 5.55. The lowest BCUT2D eigenvalue weighted by atomic mass is 9.94. The summed E-state index contributed by atoms with van der Waals surface area (Å²) in [7, 11) is 0. The number of para-hydroxylation sites is 1. The first kappa shape index (κ1) is 9.46. The molecule has 0 radical (unpaired) electrons. The molecule has 0 bridgehead atoms. The summed E-state index contributed by atoms with van der Waals surface area (Å²) in [6.07, 6.45) is 4.83. The molecule has 0 unspecified atom stereocenters. The molecule has 2 heterocycles. The van der Waals surface area contributed by atoms with Crippen LogP contribution in [0.2, 0.25) is 0 Å². The Balaban J connectivity index is 1.75. The van der Waals surface area contributed by atoms with E-state index in [1.54, 1.807) is 0 Å². The van der Waals surface area contributed by atoms with Crippen LogP contribution in [-0.4, -0.2) is 29.5 Å². The first-order valence-corrected chi connectivity index (χ1v) is 5.55. The van der Waals surface area contributed by atoms with Gasteiger partial charge in [0.25, 0.3) is 5.91 Å². The van der Waals surface area contributed by atoms with Crippen LogP contribution in [0.5, 0.6) is 5.75 Å². The molecule has 1 fully saturated rings. The van der Waals surface area contributed by atoms with Crippen molar-refractivity contribution in [2.75, 3.05) is 6.54 Å². The minimum atomic E-state index is -0.320. The average Bonchev–Trinajstić information content (AvgIpc) is 2.37. The number of hydrogen-bond donors (Lipinski definition) is 0. The summed E-state index contributed by atoms with van der Waals surface area (Å²) in [5, 5.41) is 0. The molecule has 1 aromatic carbocycles. The van der Waals surface area contributed by atoms with E-state index in [1.165, 1.54) is 0 Å². The van der Waals surface area contributed by atoms with Crippen molar-refractivity contribution >= 4 is 5.91 Å². The fourth-order valence-corrected chi connectivity index (χ4v) is 2.22. The molecule has 3 heteroatoms. The Kier molecular flexibility index (Phi) is 2.17. The van der Waals surface area contributed by atoms with Gasteiger partial charge in [-0.1, -0.05) is 30.4 Å². The first-order chi connectivity index (χ1) is 7.86. The summed E-state index contributed by atoms with van der Waals surface area (Å²) in [5.74, 6) is 0.873. The van der Waals surface area contributed by atoms with Crippen molar-refractivity contribution in [2.24, 2.45) is 0 Å². The van der Waals surface area contributed by atoms with Crippen molar-refractivity contribution < 1.29 is 9.53 Å². The highest BCUT2D eigenvalue weighted by molar-refractivity contribution is 5.89. The number of β-lactam (4-membered cyclic amide) rings is 1. The average molecular weight is 215 g/mol. The van der Waals surface area contributed by atoms with E-state index < -0.39 is 0 Å². The number of carbonyl (C=O) groups excluding carboxylic acids is 1. The maximum Gasteiger partial charge on any atom is 0.266 e. The number of fused-ring (bicyclic) bond motifs is 1. The number of nitrogens with zero attached hydrogens (tertiary/aromatic N) is 1. The second kappa shape index (κ2) is 3.67. The van der Waals surface area contributed by atoms with E-state index in [-0.39, 0.29) is 18.1 Å². The van der Waals surface area contributed by atoms with Gasteiger partial charge >= 0.3 is 0 Å². The predicted molar refractivity (Wildman–Crippen MR) is 60.1 cm³/mol. The van der Waals surface area contributed by atoms with Gasteiger partial charge in [0.2, 0.25) is 6.10 Å². The lowest BCUT2D eigenvalue weighted by Crippen LogP contribution is -2.67. The van der Waals surface area contributed by atoms with Crippen LogP contribution in [0.3, 0.4) is 0 Å². The SMILES string of the molecule is O=C1[C@H](Oc2ccccc2)[C@@H]2C=CCCN12. The van der Waals surface area contributed by atoms with Crippen LogP contribution in [0.15, 0.2) is 42.5 Å². The van der Waals surface area contributed by atoms with Crippen LogP contribution >= 0.6 is 0 Å². The fourth-order valence-electron chi connectivity index (χ4n) is 2.22. The second-order valence-corrected chi connectivity index (χ2v) is 4.09. The molecule has 2 atom stereocenters. The van der Waals surface area contributed by atoms with E-state index >= 15 is 0 Å². The van der Waals surface area contributed by atoms with Gasteiger partial charge in [-0.2, -0.15) is 0 Å². The number of benzene rings is 1. The predicted octanol–water partition coefficient (Wildman–Crippen LogP) is 1.60. The van der Waals surface area contributed by atoms with Crippen molar-refractivity contribution in [1.29, 1.82) is 0 Å². The number of amides is 1. The maximum atomic E-state index is 11.8. The van der Waals surface area contributed by atoms with Crippen LogP contribution in [0.4, 0.5) is 0 Å². The van der Waals surface area contributed by atoms with Crippen LogP contribution in [0, 0.1) is 0 Å². The molecule has 2 aliphatic heterocycles. The van der Waals surface area contributed by atoms with Crippen LogP contribution in [0.25, 0.3) is 0 Å². The molecule has 0 aliphatic carbocycles. The molecule has 1 saturated heterocycles. The zero-order chi connectivity index (χ0) is 11.0. The van der Waals surface area contributed by atoms with Crippen molar-refractivity contribution in [3.05, 3.63) is 42.5 Å². The molecule has 0 N–H and O–H groups in total. The highest BCUT2D eigenvalue weighted by atomic mass is 16.5. The molecule has 16 heavy (non-hydrogen) atoms. The van der Waals surface area contributed by atoms with Gasteiger partial charge in [0.15, 0.2) is 0 Å². The fraction of sp³-hybridized carbons (Fsp3) is 0.308. The highest BCUT2D eigenvalue weighted by Gasteiger charge is 2.48. The van der Waals surface area contributed by atoms with Gasteiger partial charge in [-0.25, -0.2) is 0 Å². The van der Waals surface area contributed by atoms with Crippen molar-refractivity contribution in [2.45, 2.75) is 18.6 Å². The smallest absolute Gasteiger partial charge is 0.266 e. The summed E-state index contributed by atoms with van der Waals surface area (Å²) in [5.41, 5.74) is 0. The molecule has 2 aliphatic rings. The van der Waals surface area contributed by atoms with Gasteiger partial charge in [0, 0.05) is 6.54 Å². The van der Waals surface area contributed by atoms with E-state index in [0.717, 1.165) is 18.7 Å². The normalized spacial score (nSPS) is 27.2. The third kappa shape index (κ3) is 1.40. The summed E-state index contributed by atoms with van der Waals surface area (Å²) in [6, 6.07) is 9.65. The zero-order valence-corrected chi connectivity index (χ0v) is 8.87. The Morgan fingerprint density at radius 3 is 2.88 bits per heavy atom. The van der Waals surface area contributed by atoms with E-state index in [0.29, 0.717) is 0 Å². The number of carbonyl (C=O) groups is 1. The van der Waals surface area contributed by atoms with Gasteiger partial charge in [-0.05, 0) is 18.6 Å². The molecular weight excluding hydrogens is 202 g/mol. The molecular formula is C13H13NO2. The number of rotatable bonds is 2. The molecule has 1 aromatic rings. The molecule has 1 amide bonds. The molecule has 0 aromatic heterocycles. The van der Waals surface area contributed by atoms with Gasteiger partial charge in [0.1, 0.15) is 5.75 Å². The summed E-state index contributed by atoms with van der Waals surface area (Å²) in [4.78, 5) is 13.6. The van der Waals surface area contributed by atoms with Gasteiger partial charge in [0.05, 0.1) is 6.04 Å². The minimum absolute atomic E-state index is 0.109. The minimum Gasteiger partial charge on any atom is -0.478 e. The summed E-state index contributed by atoms with van der Waals surface area (Å²) in [6.45, 7) is 0.828. The van der Waals surface area contributed by atoms with E-state index in [1.807, 2.05) is 35.2 Å². The Bertz CT molecular complexity index is 427. The molecule has 3 rings (SSSR count). The van der Waals surface area contributed by atoms with Crippen LogP contribution in [0.1, 0.15) is 6.42 Å². The Labute approximate surface area is 94.3 Å². The monoisotopic (exact) mass is 215 g/mol. The van der Waals surface area contributed by atoms with E-state index in [4.69, 9.17) is 4.74 Å². The van der Waals surface area contributed by atoms with Crippen LogP contribution in [-0.2, 0) is 4.79 Å². The van der Waals surface area contributed by atoms with Crippen molar-refractivity contribution in [3.8, 4) is 5.75 Å². The third-order valence-electron chi connectivity index (χ3n) is 3.07. The molecule has 0 saturated carbocycles. The number of ether oxygens (including phenoxy) is 1. The highest BCUT2D eigenvalue weighted by Crippen LogP contribution is 2.28. The topological polar surface area (TPSA) is 29.5 Å². The summed E-state index contributed by atoms with van der Waals surface area (Å²) < 4.78 is 5.69. The van der Waals surface area contributed by atoms with Gasteiger partial charge in [-0.15, -0.1) is 0 Å². The summed E-state index contributed by atoms with van der Waals surface area (Å²) >= 11 is 0. The largest absolute Gasteiger partial charge is 0.478 e. The lowest BCUT2D eigenvalue weighted by molar-refractivity contribution is -0.159. The quantitative estimate of drug-likeness (QED) is 0.554. The van der Waals surface area contributed by atoms with Gasteiger partial charge < -0.3 is 9.64 Å². The van der Waals surface area contributed by atoms with Gasteiger partial charge in [-0.3, -0.25) is 4.79 Å².